The average molecular weight is 245 g/mol. The van der Waals surface area contributed by atoms with Crippen LogP contribution in [-0.4, -0.2) is 36.5 Å². The van der Waals surface area contributed by atoms with Crippen LogP contribution in [0.15, 0.2) is 6.07 Å². The highest BCUT2D eigenvalue weighted by Crippen LogP contribution is 2.07. The summed E-state index contributed by atoms with van der Waals surface area (Å²) >= 11 is 0. The van der Waals surface area contributed by atoms with Crippen molar-refractivity contribution in [2.24, 2.45) is 0 Å². The molecule has 0 aromatic carbocycles. The van der Waals surface area contributed by atoms with E-state index in [1.165, 1.54) is 0 Å². The fourth-order valence-corrected chi connectivity index (χ4v) is 1.79. The number of nitrogens with one attached hydrogen (secondary N) is 2. The maximum absolute atomic E-state index is 11.3. The molecular formula is C9H15N3O3S. The van der Waals surface area contributed by atoms with Crippen molar-refractivity contribution >= 4 is 21.6 Å². The van der Waals surface area contributed by atoms with E-state index in [9.17, 15) is 13.2 Å². The number of rotatable bonds is 5. The number of hydrogen-bond acceptors (Lipinski definition) is 4. The smallest absolute Gasteiger partial charge is 0.240 e. The van der Waals surface area contributed by atoms with Gasteiger partial charge in [-0.2, -0.15) is 5.10 Å². The van der Waals surface area contributed by atoms with Gasteiger partial charge in [-0.25, -0.2) is 8.42 Å². The van der Waals surface area contributed by atoms with Crippen LogP contribution in [0.2, 0.25) is 0 Å². The van der Waals surface area contributed by atoms with E-state index in [4.69, 9.17) is 0 Å². The molecule has 0 unspecified atom stereocenters. The summed E-state index contributed by atoms with van der Waals surface area (Å²) in [7, 11) is -3.30. The number of nitrogens with zero attached hydrogens (tertiary/aromatic N) is 1. The first-order chi connectivity index (χ1) is 7.40. The summed E-state index contributed by atoms with van der Waals surface area (Å²) in [6.45, 7) is 2.03. The number of sulfone groups is 1. The van der Waals surface area contributed by atoms with Crippen LogP contribution in [0.4, 0.5) is 5.82 Å². The van der Waals surface area contributed by atoms with Gasteiger partial charge in [-0.3, -0.25) is 9.89 Å². The maximum Gasteiger partial charge on any atom is 0.240 e. The molecule has 1 aromatic rings. The first kappa shape index (κ1) is 12.7. The van der Waals surface area contributed by atoms with Gasteiger partial charge in [0.15, 0.2) is 15.7 Å². The molecular weight excluding hydrogens is 230 g/mol. The molecule has 1 rings (SSSR count). The van der Waals surface area contributed by atoms with Crippen LogP contribution >= 0.6 is 0 Å². The van der Waals surface area contributed by atoms with Crippen molar-refractivity contribution in [2.45, 2.75) is 19.8 Å². The van der Waals surface area contributed by atoms with Crippen molar-refractivity contribution < 1.29 is 13.2 Å². The quantitative estimate of drug-likeness (QED) is 0.782. The van der Waals surface area contributed by atoms with E-state index < -0.39 is 21.5 Å². The Morgan fingerprint density at radius 1 is 1.56 bits per heavy atom. The van der Waals surface area contributed by atoms with Crippen molar-refractivity contribution in [3.63, 3.8) is 0 Å². The zero-order valence-electron chi connectivity index (χ0n) is 9.28. The molecule has 6 nitrogen and oxygen atoms in total. The molecule has 90 valence electrons. The van der Waals surface area contributed by atoms with Crippen molar-refractivity contribution in [3.05, 3.63) is 11.8 Å². The molecule has 0 fully saturated rings. The van der Waals surface area contributed by atoms with Crippen LogP contribution in [0.1, 0.15) is 19.0 Å². The van der Waals surface area contributed by atoms with Gasteiger partial charge in [0.05, 0.1) is 0 Å². The normalized spacial score (nSPS) is 11.4. The Bertz CT molecular complexity index is 464. The second kappa shape index (κ2) is 5.11. The first-order valence-corrected chi connectivity index (χ1v) is 6.98. The molecule has 0 bridgehead atoms. The number of anilines is 1. The summed E-state index contributed by atoms with van der Waals surface area (Å²) in [6.07, 6.45) is 2.83. The number of aromatic nitrogens is 2. The number of amides is 1. The van der Waals surface area contributed by atoms with Crippen molar-refractivity contribution in [1.29, 1.82) is 0 Å². The number of aryl methyl sites for hydroxylation is 1. The van der Waals surface area contributed by atoms with E-state index in [0.29, 0.717) is 5.82 Å². The number of H-pyrrole nitrogens is 1. The number of hydrogen-bond donors (Lipinski definition) is 2. The van der Waals surface area contributed by atoms with Crippen LogP contribution in [-0.2, 0) is 21.1 Å². The van der Waals surface area contributed by atoms with Gasteiger partial charge in [-0.05, 0) is 6.42 Å². The van der Waals surface area contributed by atoms with Crippen LogP contribution in [0.25, 0.3) is 0 Å². The second-order valence-electron chi connectivity index (χ2n) is 3.65. The third kappa shape index (κ3) is 4.43. The van der Waals surface area contributed by atoms with Gasteiger partial charge in [0, 0.05) is 18.0 Å². The number of aromatic amines is 1. The Morgan fingerprint density at radius 3 is 2.81 bits per heavy atom. The number of carbonyl (C=O) groups is 1. The molecule has 0 saturated heterocycles. The molecule has 0 aliphatic rings. The highest BCUT2D eigenvalue weighted by molar-refractivity contribution is 7.91. The topological polar surface area (TPSA) is 91.9 Å². The Morgan fingerprint density at radius 2 is 2.25 bits per heavy atom. The van der Waals surface area contributed by atoms with Gasteiger partial charge < -0.3 is 5.32 Å². The van der Waals surface area contributed by atoms with Crippen LogP contribution in [0, 0.1) is 0 Å². The molecule has 2 N–H and O–H groups in total. The average Bonchev–Trinajstić information content (AvgIpc) is 2.49. The molecule has 16 heavy (non-hydrogen) atoms. The molecule has 7 heteroatoms. The van der Waals surface area contributed by atoms with Crippen molar-refractivity contribution in [1.82, 2.24) is 10.2 Å². The lowest BCUT2D eigenvalue weighted by atomic mass is 10.2. The minimum absolute atomic E-state index is 0.358. The first-order valence-electron chi connectivity index (χ1n) is 4.92. The fraction of sp³-hybridized carbons (Fsp3) is 0.556. The Balaban J connectivity index is 2.56. The Kier molecular flexibility index (Phi) is 4.05. The summed E-state index contributed by atoms with van der Waals surface area (Å²) in [5, 5.41) is 9.03. The third-order valence-electron chi connectivity index (χ3n) is 1.81. The van der Waals surface area contributed by atoms with Crippen LogP contribution < -0.4 is 5.32 Å². The predicted molar refractivity (Wildman–Crippen MR) is 60.9 cm³/mol. The molecule has 0 saturated carbocycles. The Hall–Kier alpha value is -1.37. The van der Waals surface area contributed by atoms with Gasteiger partial charge in [0.2, 0.25) is 5.91 Å². The Labute approximate surface area is 94.4 Å². The van der Waals surface area contributed by atoms with Crippen LogP contribution in [0.5, 0.6) is 0 Å². The lowest BCUT2D eigenvalue weighted by molar-refractivity contribution is -0.113. The molecule has 0 atom stereocenters. The van der Waals surface area contributed by atoms with Gasteiger partial charge in [-0.15, -0.1) is 0 Å². The zero-order valence-corrected chi connectivity index (χ0v) is 10.1. The highest BCUT2D eigenvalue weighted by atomic mass is 32.2. The van der Waals surface area contributed by atoms with Crippen molar-refractivity contribution in [3.8, 4) is 0 Å². The summed E-state index contributed by atoms with van der Waals surface area (Å²) in [5.74, 6) is -0.739. The standard InChI is InChI=1S/C9H15N3O3S/c1-3-4-7-5-8(12-11-7)10-9(13)6-16(2,14)15/h5H,3-4,6H2,1-2H3,(H2,10,11,12,13). The largest absolute Gasteiger partial charge is 0.308 e. The number of carbonyl (C=O) groups excluding carboxylic acids is 1. The van der Waals surface area contributed by atoms with Crippen LogP contribution in [0.3, 0.4) is 0 Å². The molecule has 0 spiro atoms. The minimum atomic E-state index is -3.30. The SMILES string of the molecule is CCCc1cc(NC(=O)CS(C)(=O)=O)n[nH]1. The van der Waals surface area contributed by atoms with Crippen molar-refractivity contribution in [2.75, 3.05) is 17.3 Å². The van der Waals surface area contributed by atoms with E-state index >= 15 is 0 Å². The van der Waals surface area contributed by atoms with E-state index in [1.807, 2.05) is 6.92 Å². The lowest BCUT2D eigenvalue weighted by Crippen LogP contribution is -2.22. The van der Waals surface area contributed by atoms with Gasteiger partial charge in [0.25, 0.3) is 0 Å². The lowest BCUT2D eigenvalue weighted by Gasteiger charge is -1.98. The predicted octanol–water partition coefficient (Wildman–Crippen LogP) is 0.345. The monoisotopic (exact) mass is 245 g/mol. The highest BCUT2D eigenvalue weighted by Gasteiger charge is 2.12. The van der Waals surface area contributed by atoms with Gasteiger partial charge >= 0.3 is 0 Å². The van der Waals surface area contributed by atoms with E-state index in [2.05, 4.69) is 15.5 Å². The molecule has 1 aromatic heterocycles. The fourth-order valence-electron chi connectivity index (χ4n) is 1.24. The summed E-state index contributed by atoms with van der Waals surface area (Å²) in [4.78, 5) is 11.3. The van der Waals surface area contributed by atoms with E-state index in [-0.39, 0.29) is 0 Å². The molecule has 0 radical (unpaired) electrons. The molecule has 0 aliphatic carbocycles. The van der Waals surface area contributed by atoms with Gasteiger partial charge in [0.1, 0.15) is 5.75 Å². The molecule has 1 heterocycles. The summed E-state index contributed by atoms with van der Waals surface area (Å²) in [5.41, 5.74) is 0.914. The second-order valence-corrected chi connectivity index (χ2v) is 5.79. The van der Waals surface area contributed by atoms with E-state index in [0.717, 1.165) is 24.8 Å². The van der Waals surface area contributed by atoms with E-state index in [1.54, 1.807) is 6.07 Å². The maximum atomic E-state index is 11.3. The minimum Gasteiger partial charge on any atom is -0.308 e. The zero-order chi connectivity index (χ0) is 12.2. The summed E-state index contributed by atoms with van der Waals surface area (Å²) < 4.78 is 21.7. The molecule has 0 aliphatic heterocycles. The summed E-state index contributed by atoms with van der Waals surface area (Å²) in [6, 6.07) is 1.70. The van der Waals surface area contributed by atoms with Gasteiger partial charge in [-0.1, -0.05) is 13.3 Å². The third-order valence-corrected chi connectivity index (χ3v) is 2.60. The molecule has 1 amide bonds.